The highest BCUT2D eigenvalue weighted by Crippen LogP contribution is 2.23. The fourth-order valence-electron chi connectivity index (χ4n) is 2.15. The van der Waals surface area contributed by atoms with Gasteiger partial charge in [-0.1, -0.05) is 36.4 Å². The third kappa shape index (κ3) is 5.43. The van der Waals surface area contributed by atoms with Crippen LogP contribution in [-0.4, -0.2) is 18.1 Å². The topological polar surface area (TPSA) is 72.5 Å². The van der Waals surface area contributed by atoms with Gasteiger partial charge in [-0.2, -0.15) is 0 Å². The third-order valence-corrected chi connectivity index (χ3v) is 4.27. The van der Waals surface area contributed by atoms with Gasteiger partial charge >= 0.3 is 0 Å². The van der Waals surface area contributed by atoms with Crippen molar-refractivity contribution in [2.45, 2.75) is 6.54 Å². The average Bonchev–Trinajstić information content (AvgIpc) is 3.10. The maximum atomic E-state index is 5.94. The Labute approximate surface area is 168 Å². The molecule has 0 aliphatic heterocycles. The van der Waals surface area contributed by atoms with Crippen LogP contribution < -0.4 is 15.8 Å². The van der Waals surface area contributed by atoms with E-state index < -0.39 is 0 Å². The summed E-state index contributed by atoms with van der Waals surface area (Å²) in [7, 11) is 1.63. The number of aromatic nitrogens is 1. The van der Waals surface area contributed by atoms with Crippen LogP contribution in [0, 0.1) is 0 Å². The predicted molar refractivity (Wildman–Crippen MR) is 115 cm³/mol. The van der Waals surface area contributed by atoms with E-state index in [9.17, 15) is 0 Å². The second kappa shape index (κ2) is 9.38. The Kier molecular flexibility index (Phi) is 7.20. The number of methoxy groups -OCH3 is 1. The molecule has 0 amide bonds. The predicted octanol–water partition coefficient (Wildman–Crippen LogP) is 4.36. The van der Waals surface area contributed by atoms with E-state index in [4.69, 9.17) is 10.5 Å². The fraction of sp³-hybridized carbons (Fsp3) is 0.111. The number of aliphatic imine (C=N–C) groups is 1. The molecule has 7 heteroatoms. The Hall–Kier alpha value is -2.13. The van der Waals surface area contributed by atoms with Gasteiger partial charge in [-0.25, -0.2) is 9.98 Å². The molecule has 0 aliphatic carbocycles. The molecular formula is C18H19IN4OS. The number of rotatable bonds is 5. The van der Waals surface area contributed by atoms with Gasteiger partial charge in [-0.3, -0.25) is 0 Å². The molecule has 3 rings (SSSR count). The number of nitrogens with two attached hydrogens (primary N) is 1. The van der Waals surface area contributed by atoms with Gasteiger partial charge in [-0.05, 0) is 12.1 Å². The first-order chi connectivity index (χ1) is 11.7. The van der Waals surface area contributed by atoms with Crippen LogP contribution in [0.4, 0.5) is 5.69 Å². The zero-order valence-electron chi connectivity index (χ0n) is 13.7. The number of nitrogens with one attached hydrogen (secondary N) is 1. The molecule has 0 unspecified atom stereocenters. The van der Waals surface area contributed by atoms with Gasteiger partial charge in [0.15, 0.2) is 5.96 Å². The molecule has 0 fully saturated rings. The highest BCUT2D eigenvalue weighted by Gasteiger charge is 2.04. The molecule has 0 spiro atoms. The lowest BCUT2D eigenvalue weighted by molar-refractivity contribution is 0.415. The van der Waals surface area contributed by atoms with E-state index in [0.717, 1.165) is 27.7 Å². The van der Waals surface area contributed by atoms with Crippen LogP contribution in [0.3, 0.4) is 0 Å². The largest absolute Gasteiger partial charge is 0.497 e. The van der Waals surface area contributed by atoms with Crippen molar-refractivity contribution in [1.29, 1.82) is 0 Å². The smallest absolute Gasteiger partial charge is 0.193 e. The van der Waals surface area contributed by atoms with Gasteiger partial charge < -0.3 is 15.8 Å². The van der Waals surface area contributed by atoms with Gasteiger partial charge in [0.05, 0.1) is 19.3 Å². The highest BCUT2D eigenvalue weighted by atomic mass is 127. The normalized spacial score (nSPS) is 10.8. The lowest BCUT2D eigenvalue weighted by Gasteiger charge is -2.06. The summed E-state index contributed by atoms with van der Waals surface area (Å²) in [6.07, 6.45) is 0. The van der Waals surface area contributed by atoms with E-state index in [0.29, 0.717) is 12.5 Å². The molecule has 5 nitrogen and oxygen atoms in total. The summed E-state index contributed by atoms with van der Waals surface area (Å²) in [5, 5.41) is 6.04. The number of thiazole rings is 1. The maximum Gasteiger partial charge on any atom is 0.193 e. The van der Waals surface area contributed by atoms with E-state index in [1.807, 2.05) is 60.0 Å². The van der Waals surface area contributed by atoms with Gasteiger partial charge in [0.1, 0.15) is 10.8 Å². The highest BCUT2D eigenvalue weighted by molar-refractivity contribution is 14.0. The van der Waals surface area contributed by atoms with Gasteiger partial charge in [0.2, 0.25) is 0 Å². The summed E-state index contributed by atoms with van der Waals surface area (Å²) >= 11 is 1.61. The molecule has 3 aromatic rings. The molecule has 0 bridgehead atoms. The molecule has 3 N–H and O–H groups in total. The molecule has 2 aromatic carbocycles. The summed E-state index contributed by atoms with van der Waals surface area (Å²) in [5.74, 6) is 1.11. The van der Waals surface area contributed by atoms with E-state index in [1.54, 1.807) is 18.4 Å². The number of halogens is 1. The minimum atomic E-state index is 0. The maximum absolute atomic E-state index is 5.94. The van der Waals surface area contributed by atoms with Gasteiger partial charge in [0.25, 0.3) is 0 Å². The Morgan fingerprint density at radius 3 is 2.76 bits per heavy atom. The fourth-order valence-corrected chi connectivity index (χ4v) is 2.96. The number of anilines is 1. The minimum absolute atomic E-state index is 0. The van der Waals surface area contributed by atoms with Crippen molar-refractivity contribution >= 4 is 47.0 Å². The lowest BCUT2D eigenvalue weighted by Crippen LogP contribution is -2.22. The summed E-state index contributed by atoms with van der Waals surface area (Å²) in [6, 6.07) is 17.6. The first-order valence-electron chi connectivity index (χ1n) is 7.45. The van der Waals surface area contributed by atoms with Crippen molar-refractivity contribution in [2.24, 2.45) is 10.7 Å². The molecule has 0 atom stereocenters. The summed E-state index contributed by atoms with van der Waals surface area (Å²) in [6.45, 7) is 0.437. The Morgan fingerprint density at radius 2 is 2.00 bits per heavy atom. The lowest BCUT2D eigenvalue weighted by atomic mass is 10.2. The SMILES string of the molecule is COc1cccc(NC(N)=NCc2csc(-c3ccccc3)n2)c1.I. The van der Waals surface area contributed by atoms with Crippen molar-refractivity contribution in [3.8, 4) is 16.3 Å². The molecule has 1 heterocycles. The molecule has 0 saturated heterocycles. The summed E-state index contributed by atoms with van der Waals surface area (Å²) in [5.41, 5.74) is 8.78. The molecule has 0 saturated carbocycles. The van der Waals surface area contributed by atoms with Crippen LogP contribution in [0.1, 0.15) is 5.69 Å². The molecule has 1 aromatic heterocycles. The number of guanidine groups is 1. The summed E-state index contributed by atoms with van der Waals surface area (Å²) < 4.78 is 5.18. The number of hydrogen-bond acceptors (Lipinski definition) is 4. The van der Waals surface area contributed by atoms with Gasteiger partial charge in [0, 0.05) is 22.7 Å². The first kappa shape index (κ1) is 19.2. The second-order valence-corrected chi connectivity index (χ2v) is 5.93. The van der Waals surface area contributed by atoms with Crippen molar-refractivity contribution in [3.63, 3.8) is 0 Å². The quantitative estimate of drug-likeness (QED) is 0.333. The Balaban J connectivity index is 0.00000225. The summed E-state index contributed by atoms with van der Waals surface area (Å²) in [4.78, 5) is 8.93. The Bertz CT molecular complexity index is 836. The number of hydrogen-bond donors (Lipinski definition) is 2. The van der Waals surface area contributed by atoms with Crippen molar-refractivity contribution < 1.29 is 4.74 Å². The van der Waals surface area contributed by atoms with Crippen molar-refractivity contribution in [3.05, 3.63) is 65.7 Å². The van der Waals surface area contributed by atoms with Crippen LogP contribution in [0.15, 0.2) is 65.0 Å². The van der Waals surface area contributed by atoms with E-state index >= 15 is 0 Å². The van der Waals surface area contributed by atoms with Crippen molar-refractivity contribution in [1.82, 2.24) is 4.98 Å². The molecule has 0 aliphatic rings. The first-order valence-corrected chi connectivity index (χ1v) is 8.33. The zero-order valence-corrected chi connectivity index (χ0v) is 16.8. The van der Waals surface area contributed by atoms with Crippen molar-refractivity contribution in [2.75, 3.05) is 12.4 Å². The van der Waals surface area contributed by atoms with Crippen LogP contribution >= 0.6 is 35.3 Å². The van der Waals surface area contributed by atoms with E-state index in [2.05, 4.69) is 15.3 Å². The van der Waals surface area contributed by atoms with E-state index in [1.165, 1.54) is 0 Å². The van der Waals surface area contributed by atoms with Crippen LogP contribution in [0.2, 0.25) is 0 Å². The average molecular weight is 466 g/mol. The van der Waals surface area contributed by atoms with Gasteiger partial charge in [-0.15, -0.1) is 35.3 Å². The monoisotopic (exact) mass is 466 g/mol. The number of nitrogens with zero attached hydrogens (tertiary/aromatic N) is 2. The van der Waals surface area contributed by atoms with Crippen LogP contribution in [0.25, 0.3) is 10.6 Å². The minimum Gasteiger partial charge on any atom is -0.497 e. The molecule has 25 heavy (non-hydrogen) atoms. The molecule has 130 valence electrons. The second-order valence-electron chi connectivity index (χ2n) is 5.07. The Morgan fingerprint density at radius 1 is 1.20 bits per heavy atom. The van der Waals surface area contributed by atoms with Crippen LogP contribution in [-0.2, 0) is 6.54 Å². The standard InChI is InChI=1S/C18H18N4OS.HI/c1-23-16-9-5-8-14(10-16)22-18(19)20-11-15-12-24-17(21-15)13-6-3-2-4-7-13;/h2-10,12H,11H2,1H3,(H3,19,20,22);1H. The molecule has 0 radical (unpaired) electrons. The number of benzene rings is 2. The van der Waals surface area contributed by atoms with E-state index in [-0.39, 0.29) is 24.0 Å². The molecular weight excluding hydrogens is 447 g/mol. The third-order valence-electron chi connectivity index (χ3n) is 3.33. The zero-order chi connectivity index (χ0) is 16.8. The van der Waals surface area contributed by atoms with Crippen LogP contribution in [0.5, 0.6) is 5.75 Å². The number of ether oxygens (including phenoxy) is 1.